The van der Waals surface area contributed by atoms with Gasteiger partial charge in [0.15, 0.2) is 0 Å². The minimum Gasteiger partial charge on any atom is -0.398 e. The standard InChI is InChI=1S/C14H21BrN2/c1-2-7-17(9-11-3-4-11)10-12-5-6-13(15)8-14(12)16/h5-6,8,11H,2-4,7,9-10,16H2,1H3. The Morgan fingerprint density at radius 1 is 1.41 bits per heavy atom. The first-order valence-corrected chi connectivity index (χ1v) is 7.24. The molecule has 17 heavy (non-hydrogen) atoms. The second-order valence-corrected chi connectivity index (χ2v) is 5.94. The van der Waals surface area contributed by atoms with Crippen LogP contribution >= 0.6 is 15.9 Å². The number of halogens is 1. The summed E-state index contributed by atoms with van der Waals surface area (Å²) in [5.41, 5.74) is 8.21. The number of nitrogen functional groups attached to an aromatic ring is 1. The molecule has 0 bridgehead atoms. The van der Waals surface area contributed by atoms with Crippen LogP contribution in [0.1, 0.15) is 31.7 Å². The number of anilines is 1. The fraction of sp³-hybridized carbons (Fsp3) is 0.571. The van der Waals surface area contributed by atoms with E-state index in [2.05, 4.69) is 39.9 Å². The molecule has 2 nitrogen and oxygen atoms in total. The zero-order valence-corrected chi connectivity index (χ0v) is 12.0. The van der Waals surface area contributed by atoms with Crippen molar-refractivity contribution in [1.82, 2.24) is 4.90 Å². The summed E-state index contributed by atoms with van der Waals surface area (Å²) < 4.78 is 1.06. The summed E-state index contributed by atoms with van der Waals surface area (Å²) in [6.07, 6.45) is 4.04. The predicted molar refractivity (Wildman–Crippen MR) is 76.8 cm³/mol. The molecule has 0 aromatic heterocycles. The van der Waals surface area contributed by atoms with Gasteiger partial charge in [-0.2, -0.15) is 0 Å². The van der Waals surface area contributed by atoms with Gasteiger partial charge in [-0.05, 0) is 49.4 Å². The molecule has 1 aromatic carbocycles. The molecule has 0 atom stereocenters. The molecule has 1 aromatic rings. The molecule has 0 radical (unpaired) electrons. The topological polar surface area (TPSA) is 29.3 Å². The molecule has 0 aliphatic heterocycles. The lowest BCUT2D eigenvalue weighted by Gasteiger charge is -2.22. The van der Waals surface area contributed by atoms with Crippen LogP contribution in [0, 0.1) is 5.92 Å². The minimum atomic E-state index is 0.899. The number of benzene rings is 1. The van der Waals surface area contributed by atoms with Gasteiger partial charge in [0.25, 0.3) is 0 Å². The number of hydrogen-bond donors (Lipinski definition) is 1. The van der Waals surface area contributed by atoms with Gasteiger partial charge in [-0.1, -0.05) is 28.9 Å². The van der Waals surface area contributed by atoms with Crippen LogP contribution in [0.2, 0.25) is 0 Å². The Bertz CT molecular complexity index is 374. The van der Waals surface area contributed by atoms with E-state index in [0.29, 0.717) is 0 Å². The van der Waals surface area contributed by atoms with Crippen LogP contribution in [0.15, 0.2) is 22.7 Å². The van der Waals surface area contributed by atoms with E-state index in [9.17, 15) is 0 Å². The van der Waals surface area contributed by atoms with E-state index < -0.39 is 0 Å². The Morgan fingerprint density at radius 2 is 2.18 bits per heavy atom. The molecule has 2 rings (SSSR count). The van der Waals surface area contributed by atoms with Crippen molar-refractivity contribution in [3.05, 3.63) is 28.2 Å². The maximum atomic E-state index is 6.06. The van der Waals surface area contributed by atoms with Crippen molar-refractivity contribution in [2.24, 2.45) is 5.92 Å². The van der Waals surface area contributed by atoms with Crippen LogP contribution in [0.25, 0.3) is 0 Å². The Hall–Kier alpha value is -0.540. The Morgan fingerprint density at radius 3 is 2.76 bits per heavy atom. The van der Waals surface area contributed by atoms with Crippen LogP contribution in [0.3, 0.4) is 0 Å². The van der Waals surface area contributed by atoms with Gasteiger partial charge in [-0.3, -0.25) is 4.90 Å². The van der Waals surface area contributed by atoms with Crippen molar-refractivity contribution in [3.63, 3.8) is 0 Å². The fourth-order valence-corrected chi connectivity index (χ4v) is 2.55. The van der Waals surface area contributed by atoms with Crippen molar-refractivity contribution in [3.8, 4) is 0 Å². The SMILES string of the molecule is CCCN(Cc1ccc(Br)cc1N)CC1CC1. The van der Waals surface area contributed by atoms with Crippen molar-refractivity contribution in [2.75, 3.05) is 18.8 Å². The number of hydrogen-bond acceptors (Lipinski definition) is 2. The molecular formula is C14H21BrN2. The van der Waals surface area contributed by atoms with Gasteiger partial charge in [0, 0.05) is 23.2 Å². The molecule has 1 fully saturated rings. The lowest BCUT2D eigenvalue weighted by molar-refractivity contribution is 0.255. The van der Waals surface area contributed by atoms with Gasteiger partial charge < -0.3 is 5.73 Å². The van der Waals surface area contributed by atoms with E-state index in [1.807, 2.05) is 6.07 Å². The van der Waals surface area contributed by atoms with Gasteiger partial charge in [-0.15, -0.1) is 0 Å². The summed E-state index contributed by atoms with van der Waals surface area (Å²) in [4.78, 5) is 2.54. The van der Waals surface area contributed by atoms with E-state index in [-0.39, 0.29) is 0 Å². The highest BCUT2D eigenvalue weighted by Gasteiger charge is 2.24. The van der Waals surface area contributed by atoms with Crippen LogP contribution in [-0.2, 0) is 6.54 Å². The lowest BCUT2D eigenvalue weighted by atomic mass is 10.1. The maximum absolute atomic E-state index is 6.06. The molecule has 0 heterocycles. The van der Waals surface area contributed by atoms with Crippen molar-refractivity contribution >= 4 is 21.6 Å². The number of nitrogens with two attached hydrogens (primary N) is 1. The largest absolute Gasteiger partial charge is 0.398 e. The molecule has 1 aliphatic carbocycles. The van der Waals surface area contributed by atoms with Gasteiger partial charge in [0.1, 0.15) is 0 Å². The third-order valence-electron chi connectivity index (χ3n) is 3.26. The van der Waals surface area contributed by atoms with Crippen molar-refractivity contribution in [1.29, 1.82) is 0 Å². The van der Waals surface area contributed by atoms with E-state index in [4.69, 9.17) is 5.73 Å². The third kappa shape index (κ3) is 4.00. The highest BCUT2D eigenvalue weighted by atomic mass is 79.9. The fourth-order valence-electron chi connectivity index (χ4n) is 2.17. The van der Waals surface area contributed by atoms with Crippen LogP contribution < -0.4 is 5.73 Å². The molecule has 1 saturated carbocycles. The maximum Gasteiger partial charge on any atom is 0.0371 e. The molecule has 3 heteroatoms. The number of nitrogens with zero attached hydrogens (tertiary/aromatic N) is 1. The summed E-state index contributed by atoms with van der Waals surface area (Å²) >= 11 is 3.45. The molecule has 1 aliphatic rings. The van der Waals surface area contributed by atoms with Crippen LogP contribution in [0.4, 0.5) is 5.69 Å². The van der Waals surface area contributed by atoms with E-state index in [1.165, 1.54) is 37.9 Å². The van der Waals surface area contributed by atoms with Gasteiger partial charge in [0.05, 0.1) is 0 Å². The highest BCUT2D eigenvalue weighted by molar-refractivity contribution is 9.10. The molecule has 2 N–H and O–H groups in total. The van der Waals surface area contributed by atoms with E-state index in [1.54, 1.807) is 0 Å². The quantitative estimate of drug-likeness (QED) is 0.812. The van der Waals surface area contributed by atoms with Crippen molar-refractivity contribution in [2.45, 2.75) is 32.7 Å². The first kappa shape index (κ1) is 12.9. The second kappa shape index (κ2) is 5.87. The molecular weight excluding hydrogens is 276 g/mol. The first-order valence-electron chi connectivity index (χ1n) is 6.45. The second-order valence-electron chi connectivity index (χ2n) is 5.02. The zero-order valence-electron chi connectivity index (χ0n) is 10.5. The number of rotatable bonds is 6. The summed E-state index contributed by atoms with van der Waals surface area (Å²) in [5, 5.41) is 0. The predicted octanol–water partition coefficient (Wildman–Crippen LogP) is 3.65. The molecule has 0 unspecified atom stereocenters. The molecule has 0 amide bonds. The summed E-state index contributed by atoms with van der Waals surface area (Å²) in [5.74, 6) is 0.943. The summed E-state index contributed by atoms with van der Waals surface area (Å²) in [6, 6.07) is 6.21. The molecule has 0 spiro atoms. The van der Waals surface area contributed by atoms with Crippen LogP contribution in [0.5, 0.6) is 0 Å². The van der Waals surface area contributed by atoms with Gasteiger partial charge >= 0.3 is 0 Å². The zero-order chi connectivity index (χ0) is 12.3. The third-order valence-corrected chi connectivity index (χ3v) is 3.75. The van der Waals surface area contributed by atoms with E-state index in [0.717, 1.165) is 22.6 Å². The lowest BCUT2D eigenvalue weighted by Crippen LogP contribution is -2.26. The molecule has 94 valence electrons. The monoisotopic (exact) mass is 296 g/mol. The normalized spacial score (nSPS) is 15.5. The molecule has 0 saturated heterocycles. The first-order chi connectivity index (χ1) is 8.19. The Labute approximate surface area is 112 Å². The average Bonchev–Trinajstić information content (AvgIpc) is 3.06. The van der Waals surface area contributed by atoms with Crippen LogP contribution in [-0.4, -0.2) is 18.0 Å². The summed E-state index contributed by atoms with van der Waals surface area (Å²) in [7, 11) is 0. The highest BCUT2D eigenvalue weighted by Crippen LogP contribution is 2.30. The van der Waals surface area contributed by atoms with E-state index >= 15 is 0 Å². The van der Waals surface area contributed by atoms with Gasteiger partial charge in [0.2, 0.25) is 0 Å². The minimum absolute atomic E-state index is 0.899. The van der Waals surface area contributed by atoms with Gasteiger partial charge in [-0.25, -0.2) is 0 Å². The smallest absolute Gasteiger partial charge is 0.0371 e. The summed E-state index contributed by atoms with van der Waals surface area (Å²) in [6.45, 7) is 5.64. The van der Waals surface area contributed by atoms with Crippen molar-refractivity contribution < 1.29 is 0 Å². The average molecular weight is 297 g/mol. The Kier molecular flexibility index (Phi) is 4.46. The Balaban J connectivity index is 1.99.